The minimum absolute atomic E-state index is 0.741. The van der Waals surface area contributed by atoms with Gasteiger partial charge in [0.05, 0.1) is 0 Å². The third kappa shape index (κ3) is 1.88. The standard InChI is InChI=1S/C14H19N/c1-2-7-14-12(6-1)8-9-13(15-14)10-11-4-3-5-11/h1-2,6-7,11,13,15H,3-5,8-10H2. The lowest BCUT2D eigenvalue weighted by atomic mass is 9.79. The van der Waals surface area contributed by atoms with Crippen LogP contribution in [0.5, 0.6) is 0 Å². The fourth-order valence-corrected chi connectivity index (χ4v) is 2.81. The largest absolute Gasteiger partial charge is 0.382 e. The van der Waals surface area contributed by atoms with Gasteiger partial charge in [-0.05, 0) is 36.8 Å². The number of anilines is 1. The molecule has 1 unspecified atom stereocenters. The van der Waals surface area contributed by atoms with Crippen molar-refractivity contribution in [3.8, 4) is 0 Å². The second-order valence-electron chi connectivity index (χ2n) is 5.07. The van der Waals surface area contributed by atoms with Crippen molar-refractivity contribution in [2.24, 2.45) is 5.92 Å². The van der Waals surface area contributed by atoms with E-state index in [0.717, 1.165) is 12.0 Å². The molecule has 15 heavy (non-hydrogen) atoms. The molecule has 0 bridgehead atoms. The van der Waals surface area contributed by atoms with Crippen LogP contribution in [0.1, 0.15) is 37.7 Å². The van der Waals surface area contributed by atoms with Crippen LogP contribution in [0.15, 0.2) is 24.3 Å². The van der Waals surface area contributed by atoms with E-state index in [2.05, 4.69) is 29.6 Å². The molecule has 0 amide bonds. The molecule has 1 aliphatic carbocycles. The van der Waals surface area contributed by atoms with E-state index < -0.39 is 0 Å². The maximum absolute atomic E-state index is 3.70. The zero-order chi connectivity index (χ0) is 10.1. The molecule has 1 aromatic carbocycles. The maximum atomic E-state index is 3.70. The highest BCUT2D eigenvalue weighted by Gasteiger charge is 2.24. The summed E-state index contributed by atoms with van der Waals surface area (Å²) in [5, 5.41) is 3.70. The van der Waals surface area contributed by atoms with Crippen LogP contribution in [-0.4, -0.2) is 6.04 Å². The third-order valence-electron chi connectivity index (χ3n) is 3.98. The summed E-state index contributed by atoms with van der Waals surface area (Å²) in [6.07, 6.45) is 8.40. The van der Waals surface area contributed by atoms with Gasteiger partial charge in [-0.2, -0.15) is 0 Å². The summed E-state index contributed by atoms with van der Waals surface area (Å²) in [4.78, 5) is 0. The minimum Gasteiger partial charge on any atom is -0.382 e. The van der Waals surface area contributed by atoms with Gasteiger partial charge in [0.2, 0.25) is 0 Å². The molecule has 0 radical (unpaired) electrons. The van der Waals surface area contributed by atoms with Crippen LogP contribution in [0, 0.1) is 5.92 Å². The number of nitrogens with one attached hydrogen (secondary N) is 1. The fourth-order valence-electron chi connectivity index (χ4n) is 2.81. The molecule has 1 aliphatic heterocycles. The summed E-state index contributed by atoms with van der Waals surface area (Å²) >= 11 is 0. The number of hydrogen-bond donors (Lipinski definition) is 1. The zero-order valence-corrected chi connectivity index (χ0v) is 9.21. The molecule has 1 N–H and O–H groups in total. The molecule has 1 aromatic rings. The molecular weight excluding hydrogens is 182 g/mol. The lowest BCUT2D eigenvalue weighted by Gasteiger charge is -2.33. The molecule has 0 aromatic heterocycles. The number of rotatable bonds is 2. The minimum atomic E-state index is 0.741. The second kappa shape index (κ2) is 3.88. The van der Waals surface area contributed by atoms with Crippen LogP contribution in [0.2, 0.25) is 0 Å². The van der Waals surface area contributed by atoms with E-state index in [1.807, 2.05) is 0 Å². The molecule has 80 valence electrons. The lowest BCUT2D eigenvalue weighted by molar-refractivity contribution is 0.276. The Morgan fingerprint density at radius 1 is 1.13 bits per heavy atom. The summed E-state index contributed by atoms with van der Waals surface area (Å²) in [5.74, 6) is 1.02. The number of benzene rings is 1. The Morgan fingerprint density at radius 3 is 2.80 bits per heavy atom. The molecule has 0 spiro atoms. The van der Waals surface area contributed by atoms with Crippen molar-refractivity contribution in [1.29, 1.82) is 0 Å². The average molecular weight is 201 g/mol. The number of para-hydroxylation sites is 1. The predicted octanol–water partition coefficient (Wildman–Crippen LogP) is 3.60. The van der Waals surface area contributed by atoms with Crippen molar-refractivity contribution in [2.75, 3.05) is 5.32 Å². The van der Waals surface area contributed by atoms with Crippen molar-refractivity contribution in [1.82, 2.24) is 0 Å². The SMILES string of the molecule is c1ccc2c(c1)CCC(CC1CCC1)N2. The third-order valence-corrected chi connectivity index (χ3v) is 3.98. The van der Waals surface area contributed by atoms with Crippen molar-refractivity contribution in [3.05, 3.63) is 29.8 Å². The van der Waals surface area contributed by atoms with Crippen LogP contribution < -0.4 is 5.32 Å². The van der Waals surface area contributed by atoms with Gasteiger partial charge in [-0.15, -0.1) is 0 Å². The van der Waals surface area contributed by atoms with Gasteiger partial charge in [0.25, 0.3) is 0 Å². The van der Waals surface area contributed by atoms with Crippen LogP contribution in [0.4, 0.5) is 5.69 Å². The quantitative estimate of drug-likeness (QED) is 0.771. The number of fused-ring (bicyclic) bond motifs is 1. The van der Waals surface area contributed by atoms with Crippen LogP contribution in [-0.2, 0) is 6.42 Å². The van der Waals surface area contributed by atoms with E-state index in [-0.39, 0.29) is 0 Å². The van der Waals surface area contributed by atoms with E-state index in [1.165, 1.54) is 49.8 Å². The predicted molar refractivity (Wildman–Crippen MR) is 64.1 cm³/mol. The van der Waals surface area contributed by atoms with Gasteiger partial charge in [0.15, 0.2) is 0 Å². The van der Waals surface area contributed by atoms with Gasteiger partial charge in [-0.1, -0.05) is 37.5 Å². The highest BCUT2D eigenvalue weighted by Crippen LogP contribution is 2.34. The summed E-state index contributed by atoms with van der Waals surface area (Å²) in [7, 11) is 0. The van der Waals surface area contributed by atoms with E-state index >= 15 is 0 Å². The molecule has 1 heteroatoms. The van der Waals surface area contributed by atoms with E-state index in [1.54, 1.807) is 0 Å². The summed E-state index contributed by atoms with van der Waals surface area (Å²) < 4.78 is 0. The molecule has 1 heterocycles. The van der Waals surface area contributed by atoms with Gasteiger partial charge in [0, 0.05) is 11.7 Å². The Balaban J connectivity index is 1.66. The molecule has 3 rings (SSSR count). The Hall–Kier alpha value is -0.980. The lowest BCUT2D eigenvalue weighted by Crippen LogP contribution is -2.29. The molecule has 2 aliphatic rings. The Bertz CT molecular complexity index is 341. The van der Waals surface area contributed by atoms with E-state index in [9.17, 15) is 0 Å². The van der Waals surface area contributed by atoms with Gasteiger partial charge in [-0.25, -0.2) is 0 Å². The first-order valence-corrected chi connectivity index (χ1v) is 6.26. The second-order valence-corrected chi connectivity index (χ2v) is 5.07. The van der Waals surface area contributed by atoms with Crippen molar-refractivity contribution in [3.63, 3.8) is 0 Å². The van der Waals surface area contributed by atoms with Crippen molar-refractivity contribution < 1.29 is 0 Å². The zero-order valence-electron chi connectivity index (χ0n) is 9.21. The number of hydrogen-bond acceptors (Lipinski definition) is 1. The molecule has 1 atom stereocenters. The monoisotopic (exact) mass is 201 g/mol. The van der Waals surface area contributed by atoms with E-state index in [4.69, 9.17) is 0 Å². The fraction of sp³-hybridized carbons (Fsp3) is 0.571. The van der Waals surface area contributed by atoms with Gasteiger partial charge in [-0.3, -0.25) is 0 Å². The average Bonchev–Trinajstić information content (AvgIpc) is 2.23. The molecule has 0 saturated heterocycles. The molecule has 1 nitrogen and oxygen atoms in total. The summed E-state index contributed by atoms with van der Waals surface area (Å²) in [6.45, 7) is 0. The van der Waals surface area contributed by atoms with Gasteiger partial charge < -0.3 is 5.32 Å². The Kier molecular flexibility index (Phi) is 2.40. The molecular formula is C14H19N. The summed E-state index contributed by atoms with van der Waals surface area (Å²) in [6, 6.07) is 9.50. The normalized spacial score (nSPS) is 25.2. The first-order chi connectivity index (χ1) is 7.42. The van der Waals surface area contributed by atoms with Crippen LogP contribution in [0.3, 0.4) is 0 Å². The van der Waals surface area contributed by atoms with Crippen LogP contribution >= 0.6 is 0 Å². The first kappa shape index (κ1) is 9.26. The van der Waals surface area contributed by atoms with Gasteiger partial charge >= 0.3 is 0 Å². The smallest absolute Gasteiger partial charge is 0.0374 e. The van der Waals surface area contributed by atoms with Crippen LogP contribution in [0.25, 0.3) is 0 Å². The topological polar surface area (TPSA) is 12.0 Å². The van der Waals surface area contributed by atoms with Crippen molar-refractivity contribution in [2.45, 2.75) is 44.6 Å². The molecule has 1 saturated carbocycles. The maximum Gasteiger partial charge on any atom is 0.0374 e. The highest BCUT2D eigenvalue weighted by molar-refractivity contribution is 5.53. The van der Waals surface area contributed by atoms with Crippen molar-refractivity contribution >= 4 is 5.69 Å². The first-order valence-electron chi connectivity index (χ1n) is 6.26. The number of aryl methyl sites for hydroxylation is 1. The Labute approximate surface area is 91.9 Å². The summed E-state index contributed by atoms with van der Waals surface area (Å²) in [5.41, 5.74) is 2.88. The molecule has 1 fully saturated rings. The van der Waals surface area contributed by atoms with Gasteiger partial charge in [0.1, 0.15) is 0 Å². The Morgan fingerprint density at radius 2 is 2.00 bits per heavy atom. The van der Waals surface area contributed by atoms with E-state index in [0.29, 0.717) is 0 Å². The highest BCUT2D eigenvalue weighted by atomic mass is 14.9.